The molecule has 7 rings (SSSR count). The van der Waals surface area contributed by atoms with Gasteiger partial charge < -0.3 is 19.0 Å². The van der Waals surface area contributed by atoms with E-state index in [0.29, 0.717) is 48.7 Å². The van der Waals surface area contributed by atoms with E-state index >= 15 is 0 Å². The number of hydrogen-bond acceptors (Lipinski definition) is 7. The van der Waals surface area contributed by atoms with Crippen molar-refractivity contribution < 1.29 is 23.8 Å². The first-order valence-electron chi connectivity index (χ1n) is 13.3. The second-order valence-corrected chi connectivity index (χ2v) is 10.5. The number of fused-ring (bicyclic) bond motifs is 3. The average molecular weight is 522 g/mol. The van der Waals surface area contributed by atoms with E-state index in [2.05, 4.69) is 17.0 Å². The molecule has 1 saturated heterocycles. The normalized spacial score (nSPS) is 20.2. The maximum Gasteiger partial charge on any atom is 0.307 e. The molecule has 4 aromatic rings. The molecule has 0 amide bonds. The Morgan fingerprint density at radius 1 is 1.10 bits per heavy atom. The first-order valence-corrected chi connectivity index (χ1v) is 13.3. The minimum atomic E-state index is -0.737. The molecule has 0 radical (unpaired) electrons. The number of aromatic nitrogens is 1. The zero-order valence-corrected chi connectivity index (χ0v) is 21.6. The maximum absolute atomic E-state index is 11.5. The summed E-state index contributed by atoms with van der Waals surface area (Å²) in [7, 11) is 0. The number of hydrogen-bond donors (Lipinski definition) is 1. The summed E-state index contributed by atoms with van der Waals surface area (Å²) < 4.78 is 17.8. The number of nitriles is 1. The molecule has 0 bridgehead atoms. The molecule has 2 aliphatic heterocycles. The van der Waals surface area contributed by atoms with Gasteiger partial charge in [0.1, 0.15) is 30.4 Å². The fourth-order valence-electron chi connectivity index (χ4n) is 6.40. The van der Waals surface area contributed by atoms with Crippen LogP contribution < -0.4 is 9.47 Å². The van der Waals surface area contributed by atoms with Crippen molar-refractivity contribution in [1.82, 2.24) is 9.88 Å². The monoisotopic (exact) mass is 521 g/mol. The molecule has 2 atom stereocenters. The number of carbonyl (C=O) groups is 1. The summed E-state index contributed by atoms with van der Waals surface area (Å²) in [5.41, 5.74) is 7.72. The zero-order valence-electron chi connectivity index (χ0n) is 21.6. The number of rotatable bonds is 4. The number of oxazole rings is 1. The maximum atomic E-state index is 11.5. The first kappa shape index (κ1) is 23.7. The number of nitrogens with zero attached hydrogens (tertiary/aromatic N) is 3. The highest BCUT2D eigenvalue weighted by Crippen LogP contribution is 2.44. The molecule has 8 heteroatoms. The Labute approximate surface area is 225 Å². The predicted molar refractivity (Wildman–Crippen MR) is 144 cm³/mol. The third-order valence-corrected chi connectivity index (χ3v) is 8.39. The highest BCUT2D eigenvalue weighted by molar-refractivity contribution is 5.86. The largest absolute Gasteiger partial charge is 0.486 e. The van der Waals surface area contributed by atoms with Crippen LogP contribution in [0.4, 0.5) is 0 Å². The van der Waals surface area contributed by atoms with Gasteiger partial charge >= 0.3 is 5.97 Å². The summed E-state index contributed by atoms with van der Waals surface area (Å²) in [5, 5.41) is 19.6. The Hall–Kier alpha value is -4.35. The van der Waals surface area contributed by atoms with Crippen molar-refractivity contribution in [2.24, 2.45) is 5.92 Å². The zero-order chi connectivity index (χ0) is 26.7. The summed E-state index contributed by atoms with van der Waals surface area (Å²) in [4.78, 5) is 18.6. The van der Waals surface area contributed by atoms with Crippen molar-refractivity contribution in [3.8, 4) is 40.1 Å². The smallest absolute Gasteiger partial charge is 0.307 e. The molecular weight excluding hydrogens is 494 g/mol. The second kappa shape index (κ2) is 9.14. The second-order valence-electron chi connectivity index (χ2n) is 10.5. The van der Waals surface area contributed by atoms with Crippen LogP contribution in [0.2, 0.25) is 0 Å². The SMILES string of the molecule is Cc1c(-c2ccc3c(c2)OCCO3)cccc1-c1nc2cc3c(c(C#N)c2o1)CCC3N1CCC(C(=O)O)C1. The summed E-state index contributed by atoms with van der Waals surface area (Å²) in [5.74, 6) is 0.891. The lowest BCUT2D eigenvalue weighted by Crippen LogP contribution is -2.26. The fourth-order valence-corrected chi connectivity index (χ4v) is 6.40. The Morgan fingerprint density at radius 3 is 2.72 bits per heavy atom. The summed E-state index contributed by atoms with van der Waals surface area (Å²) in [6, 6.07) is 16.5. The van der Waals surface area contributed by atoms with Crippen molar-refractivity contribution >= 4 is 17.1 Å². The molecule has 3 aliphatic rings. The topological polar surface area (TPSA) is 109 Å². The third kappa shape index (κ3) is 3.84. The van der Waals surface area contributed by atoms with Crippen LogP contribution in [0.15, 0.2) is 46.9 Å². The summed E-state index contributed by atoms with van der Waals surface area (Å²) in [6.07, 6.45) is 2.29. The van der Waals surface area contributed by atoms with Crippen molar-refractivity contribution in [2.45, 2.75) is 32.2 Å². The van der Waals surface area contributed by atoms with E-state index in [1.54, 1.807) is 0 Å². The molecule has 2 unspecified atom stereocenters. The molecular formula is C31H27N3O5. The van der Waals surface area contributed by atoms with Crippen molar-refractivity contribution in [3.05, 3.63) is 64.7 Å². The third-order valence-electron chi connectivity index (χ3n) is 8.39. The van der Waals surface area contributed by atoms with Gasteiger partial charge in [-0.2, -0.15) is 5.26 Å². The summed E-state index contributed by atoms with van der Waals surface area (Å²) >= 11 is 0. The highest BCUT2D eigenvalue weighted by atomic mass is 16.6. The van der Waals surface area contributed by atoms with E-state index in [0.717, 1.165) is 64.3 Å². The number of carboxylic acid groups (broad SMARTS) is 1. The number of benzene rings is 3. The predicted octanol–water partition coefficient (Wildman–Crippen LogP) is 5.51. The van der Waals surface area contributed by atoms with E-state index in [1.165, 1.54) is 0 Å². The van der Waals surface area contributed by atoms with Crippen molar-refractivity contribution in [3.63, 3.8) is 0 Å². The minimum Gasteiger partial charge on any atom is -0.486 e. The van der Waals surface area contributed by atoms with Gasteiger partial charge in [0.05, 0.1) is 5.92 Å². The van der Waals surface area contributed by atoms with Crippen LogP contribution in [-0.2, 0) is 11.2 Å². The molecule has 0 spiro atoms. The molecule has 3 heterocycles. The minimum absolute atomic E-state index is 0.0984. The molecule has 1 fully saturated rings. The van der Waals surface area contributed by atoms with Gasteiger partial charge in [-0.25, -0.2) is 4.98 Å². The molecule has 0 saturated carbocycles. The van der Waals surface area contributed by atoms with Crippen LogP contribution in [0.5, 0.6) is 11.5 Å². The molecule has 39 heavy (non-hydrogen) atoms. The van der Waals surface area contributed by atoms with E-state index in [9.17, 15) is 15.2 Å². The first-order chi connectivity index (χ1) is 19.0. The Balaban J connectivity index is 1.28. The van der Waals surface area contributed by atoms with Gasteiger partial charge in [0, 0.05) is 18.2 Å². The molecule has 1 aromatic heterocycles. The van der Waals surface area contributed by atoms with Gasteiger partial charge in [-0.15, -0.1) is 0 Å². The van der Waals surface area contributed by atoms with Crippen LogP contribution in [0.25, 0.3) is 33.7 Å². The van der Waals surface area contributed by atoms with E-state index in [1.807, 2.05) is 43.3 Å². The van der Waals surface area contributed by atoms with Crippen LogP contribution in [-0.4, -0.2) is 47.3 Å². The quantitative estimate of drug-likeness (QED) is 0.375. The van der Waals surface area contributed by atoms with Crippen molar-refractivity contribution in [2.75, 3.05) is 26.3 Å². The van der Waals surface area contributed by atoms with Crippen LogP contribution in [0.1, 0.15) is 41.1 Å². The number of carboxylic acids is 1. The van der Waals surface area contributed by atoms with Gasteiger partial charge in [-0.1, -0.05) is 18.2 Å². The van der Waals surface area contributed by atoms with Crippen LogP contribution in [0.3, 0.4) is 0 Å². The molecule has 1 aliphatic carbocycles. The van der Waals surface area contributed by atoms with Crippen LogP contribution in [0, 0.1) is 24.2 Å². The molecule has 8 nitrogen and oxygen atoms in total. The number of aliphatic carboxylic acids is 1. The van der Waals surface area contributed by atoms with Gasteiger partial charge in [0.15, 0.2) is 17.1 Å². The van der Waals surface area contributed by atoms with Crippen LogP contribution >= 0.6 is 0 Å². The molecule has 3 aromatic carbocycles. The lowest BCUT2D eigenvalue weighted by molar-refractivity contribution is -0.141. The standard InChI is InChI=1S/C31H27N3O5/c1-17-20(18-5-8-27-28(13-18)38-12-11-37-27)3-2-4-21(17)30-33-25-14-23-22(24(15-32)29(25)39-30)6-7-26(23)34-10-9-19(16-34)31(35)36/h2-5,8,13-14,19,26H,6-7,9-12,16H2,1H3,(H,35,36). The fraction of sp³-hybridized carbons (Fsp3) is 0.323. The Bertz CT molecular complexity index is 1680. The molecule has 196 valence electrons. The highest BCUT2D eigenvalue weighted by Gasteiger charge is 2.37. The summed E-state index contributed by atoms with van der Waals surface area (Å²) in [6.45, 7) is 4.41. The average Bonchev–Trinajstić information content (AvgIpc) is 3.70. The van der Waals surface area contributed by atoms with Gasteiger partial charge in [0.2, 0.25) is 5.89 Å². The van der Waals surface area contributed by atoms with Crippen molar-refractivity contribution in [1.29, 1.82) is 5.26 Å². The Morgan fingerprint density at radius 2 is 1.92 bits per heavy atom. The van der Waals surface area contributed by atoms with E-state index in [4.69, 9.17) is 18.9 Å². The number of likely N-dealkylation sites (tertiary alicyclic amines) is 1. The Kier molecular flexibility index (Phi) is 5.56. The number of ether oxygens (including phenoxy) is 2. The van der Waals surface area contributed by atoms with E-state index < -0.39 is 5.97 Å². The molecule has 1 N–H and O–H groups in total. The van der Waals surface area contributed by atoms with Gasteiger partial charge in [0.25, 0.3) is 0 Å². The van der Waals surface area contributed by atoms with Gasteiger partial charge in [-0.05, 0) is 84.8 Å². The van der Waals surface area contributed by atoms with E-state index in [-0.39, 0.29) is 12.0 Å². The lowest BCUT2D eigenvalue weighted by Gasteiger charge is -2.24. The lowest BCUT2D eigenvalue weighted by atomic mass is 9.96. The van der Waals surface area contributed by atoms with Gasteiger partial charge in [-0.3, -0.25) is 9.69 Å².